The Hall–Kier alpha value is -3.44. The van der Waals surface area contributed by atoms with Gasteiger partial charge in [-0.15, -0.1) is 0 Å². The first-order valence-electron chi connectivity index (χ1n) is 8.91. The summed E-state index contributed by atoms with van der Waals surface area (Å²) < 4.78 is 5.21. The van der Waals surface area contributed by atoms with E-state index in [1.54, 1.807) is 12.1 Å². The van der Waals surface area contributed by atoms with E-state index < -0.39 is 30.3 Å². The maximum absolute atomic E-state index is 12.7. The molecule has 3 aromatic carbocycles. The van der Waals surface area contributed by atoms with Gasteiger partial charge in [0.15, 0.2) is 6.61 Å². The van der Waals surface area contributed by atoms with Crippen LogP contribution in [0.3, 0.4) is 0 Å². The molecule has 0 unspecified atom stereocenters. The maximum atomic E-state index is 12.7. The monoisotopic (exact) mass is 407 g/mol. The highest BCUT2D eigenvalue weighted by Gasteiger charge is 2.25. The van der Waals surface area contributed by atoms with Gasteiger partial charge >= 0.3 is 5.97 Å². The number of benzene rings is 3. The van der Waals surface area contributed by atoms with E-state index >= 15 is 0 Å². The first kappa shape index (κ1) is 20.3. The molecule has 0 heterocycles. The summed E-state index contributed by atoms with van der Waals surface area (Å²) in [6.45, 7) is -0.561. The number of hydrogen-bond acceptors (Lipinski definition) is 4. The van der Waals surface area contributed by atoms with Crippen LogP contribution in [0.5, 0.6) is 0 Å². The third-order valence-corrected chi connectivity index (χ3v) is 4.46. The zero-order valence-electron chi connectivity index (χ0n) is 15.4. The van der Waals surface area contributed by atoms with Gasteiger partial charge in [0.05, 0.1) is 0 Å². The van der Waals surface area contributed by atoms with Crippen molar-refractivity contribution in [3.8, 4) is 0 Å². The summed E-state index contributed by atoms with van der Waals surface area (Å²) >= 11 is 5.78. The summed E-state index contributed by atoms with van der Waals surface area (Å²) in [6.07, 6.45) is 0. The Morgan fingerprint density at radius 2 is 1.31 bits per heavy atom. The van der Waals surface area contributed by atoms with E-state index in [0.717, 1.165) is 11.1 Å². The average molecular weight is 408 g/mol. The number of carbonyl (C=O) groups is 3. The van der Waals surface area contributed by atoms with Crippen molar-refractivity contribution in [2.45, 2.75) is 5.92 Å². The van der Waals surface area contributed by atoms with Crippen molar-refractivity contribution in [2.24, 2.45) is 0 Å². The molecular weight excluding hydrogens is 390 g/mol. The van der Waals surface area contributed by atoms with E-state index in [1.165, 1.54) is 12.1 Å². The molecule has 146 valence electrons. The molecule has 2 amide bonds. The minimum Gasteiger partial charge on any atom is -0.455 e. The number of nitrogens with one attached hydrogen (secondary N) is 1. The minimum absolute atomic E-state index is 0.278. The maximum Gasteiger partial charge on any atom is 0.318 e. The Kier molecular flexibility index (Phi) is 6.76. The van der Waals surface area contributed by atoms with Crippen molar-refractivity contribution in [3.05, 3.63) is 107 Å². The minimum atomic E-state index is -0.710. The van der Waals surface area contributed by atoms with Crippen LogP contribution in [0.15, 0.2) is 84.9 Å². The number of amides is 2. The summed E-state index contributed by atoms with van der Waals surface area (Å²) in [5, 5.41) is 2.67. The Morgan fingerprint density at radius 1 is 0.793 bits per heavy atom. The summed E-state index contributed by atoms with van der Waals surface area (Å²) in [4.78, 5) is 36.9. The smallest absolute Gasteiger partial charge is 0.318 e. The molecule has 0 saturated carbocycles. The van der Waals surface area contributed by atoms with E-state index in [4.69, 9.17) is 16.3 Å². The van der Waals surface area contributed by atoms with Crippen molar-refractivity contribution >= 4 is 29.4 Å². The van der Waals surface area contributed by atoms with Gasteiger partial charge in [0.25, 0.3) is 11.8 Å². The molecule has 5 nitrogen and oxygen atoms in total. The van der Waals surface area contributed by atoms with E-state index in [-0.39, 0.29) is 5.56 Å². The van der Waals surface area contributed by atoms with Gasteiger partial charge in [-0.3, -0.25) is 19.7 Å². The van der Waals surface area contributed by atoms with Gasteiger partial charge in [-0.2, -0.15) is 0 Å². The second-order valence-electron chi connectivity index (χ2n) is 6.25. The molecule has 0 aliphatic carbocycles. The fourth-order valence-electron chi connectivity index (χ4n) is 2.81. The standard InChI is InChI=1S/C23H18ClNO4/c24-19-13-11-18(12-14-19)22(27)25-20(26)15-29-23(28)21(16-7-3-1-4-8-16)17-9-5-2-6-10-17/h1-14,21H,15H2,(H,25,26,27). The highest BCUT2D eigenvalue weighted by molar-refractivity contribution is 6.30. The molecule has 3 rings (SSSR count). The van der Waals surface area contributed by atoms with E-state index in [9.17, 15) is 14.4 Å². The predicted molar refractivity (Wildman–Crippen MR) is 110 cm³/mol. The predicted octanol–water partition coefficient (Wildman–Crippen LogP) is 3.97. The van der Waals surface area contributed by atoms with Gasteiger partial charge in [-0.1, -0.05) is 72.3 Å². The number of imide groups is 1. The molecule has 0 bridgehead atoms. The number of ether oxygens (including phenoxy) is 1. The van der Waals surface area contributed by atoms with Crippen molar-refractivity contribution in [1.82, 2.24) is 5.32 Å². The number of esters is 1. The largest absolute Gasteiger partial charge is 0.455 e. The number of carbonyl (C=O) groups excluding carboxylic acids is 3. The third kappa shape index (κ3) is 5.53. The molecule has 0 fully saturated rings. The Morgan fingerprint density at radius 3 is 1.83 bits per heavy atom. The molecule has 6 heteroatoms. The quantitative estimate of drug-likeness (QED) is 0.627. The van der Waals surface area contributed by atoms with Crippen LogP contribution in [-0.4, -0.2) is 24.4 Å². The summed E-state index contributed by atoms with van der Waals surface area (Å²) in [7, 11) is 0. The number of rotatable bonds is 6. The van der Waals surface area contributed by atoms with Crippen molar-refractivity contribution < 1.29 is 19.1 Å². The molecular formula is C23H18ClNO4. The second kappa shape index (κ2) is 9.66. The van der Waals surface area contributed by atoms with E-state index in [0.29, 0.717) is 5.02 Å². The molecule has 0 aromatic heterocycles. The van der Waals surface area contributed by atoms with Gasteiger partial charge in [0.2, 0.25) is 0 Å². The van der Waals surface area contributed by atoms with Crippen LogP contribution < -0.4 is 5.32 Å². The first-order valence-corrected chi connectivity index (χ1v) is 9.28. The Bertz CT molecular complexity index is 949. The SMILES string of the molecule is O=C(COC(=O)C(c1ccccc1)c1ccccc1)NC(=O)c1ccc(Cl)cc1. The molecule has 1 N–H and O–H groups in total. The lowest BCUT2D eigenvalue weighted by molar-refractivity contribution is -0.148. The Labute approximate surface area is 173 Å². The van der Waals surface area contributed by atoms with Crippen molar-refractivity contribution in [1.29, 1.82) is 0 Å². The molecule has 0 radical (unpaired) electrons. The third-order valence-electron chi connectivity index (χ3n) is 4.21. The van der Waals surface area contributed by atoms with Crippen molar-refractivity contribution in [2.75, 3.05) is 6.61 Å². The molecule has 29 heavy (non-hydrogen) atoms. The second-order valence-corrected chi connectivity index (χ2v) is 6.68. The summed E-state index contributed by atoms with van der Waals surface area (Å²) in [5.41, 5.74) is 1.78. The highest BCUT2D eigenvalue weighted by Crippen LogP contribution is 2.25. The molecule has 0 atom stereocenters. The first-order chi connectivity index (χ1) is 14.0. The van der Waals surface area contributed by atoms with Gasteiger partial charge < -0.3 is 4.74 Å². The fourth-order valence-corrected chi connectivity index (χ4v) is 2.94. The zero-order valence-corrected chi connectivity index (χ0v) is 16.1. The van der Waals surface area contributed by atoms with Crippen LogP contribution in [0.2, 0.25) is 5.02 Å². The average Bonchev–Trinajstić information content (AvgIpc) is 2.74. The Balaban J connectivity index is 1.65. The van der Waals surface area contributed by atoms with Crippen LogP contribution in [0.25, 0.3) is 0 Å². The van der Waals surface area contributed by atoms with Crippen LogP contribution in [-0.2, 0) is 14.3 Å². The van der Waals surface area contributed by atoms with Gasteiger partial charge in [0, 0.05) is 10.6 Å². The van der Waals surface area contributed by atoms with Crippen LogP contribution in [0, 0.1) is 0 Å². The van der Waals surface area contributed by atoms with Crippen molar-refractivity contribution in [3.63, 3.8) is 0 Å². The van der Waals surface area contributed by atoms with Gasteiger partial charge in [-0.25, -0.2) is 0 Å². The zero-order chi connectivity index (χ0) is 20.6. The van der Waals surface area contributed by atoms with E-state index in [1.807, 2.05) is 60.7 Å². The molecule has 0 spiro atoms. The summed E-state index contributed by atoms with van der Waals surface area (Å²) in [6, 6.07) is 24.4. The van der Waals surface area contributed by atoms with Crippen LogP contribution in [0.1, 0.15) is 27.4 Å². The lowest BCUT2D eigenvalue weighted by atomic mass is 9.91. The normalized spacial score (nSPS) is 10.4. The molecule has 0 aliphatic heterocycles. The van der Waals surface area contributed by atoms with Gasteiger partial charge in [0.1, 0.15) is 5.92 Å². The lowest BCUT2D eigenvalue weighted by Gasteiger charge is -2.17. The fraction of sp³-hybridized carbons (Fsp3) is 0.0870. The molecule has 3 aromatic rings. The lowest BCUT2D eigenvalue weighted by Crippen LogP contribution is -2.34. The molecule has 0 saturated heterocycles. The molecule has 0 aliphatic rings. The van der Waals surface area contributed by atoms with E-state index in [2.05, 4.69) is 5.32 Å². The number of hydrogen-bond donors (Lipinski definition) is 1. The van der Waals surface area contributed by atoms with Crippen LogP contribution >= 0.6 is 11.6 Å². The highest BCUT2D eigenvalue weighted by atomic mass is 35.5. The summed E-state index contributed by atoms with van der Waals surface area (Å²) in [5.74, 6) is -2.54. The van der Waals surface area contributed by atoms with Crippen LogP contribution in [0.4, 0.5) is 0 Å². The number of halogens is 1. The van der Waals surface area contributed by atoms with Gasteiger partial charge in [-0.05, 0) is 35.4 Å². The topological polar surface area (TPSA) is 72.5 Å².